The number of rotatable bonds is 10. The highest BCUT2D eigenvalue weighted by molar-refractivity contribution is 7.91. The van der Waals surface area contributed by atoms with E-state index >= 15 is 0 Å². The van der Waals surface area contributed by atoms with E-state index in [1.165, 1.54) is 3.97 Å². The Balaban J connectivity index is 1.71. The molecule has 0 fully saturated rings. The van der Waals surface area contributed by atoms with E-state index in [0.29, 0.717) is 30.8 Å². The first-order valence-electron chi connectivity index (χ1n) is 15.4. The predicted molar refractivity (Wildman–Crippen MR) is 186 cm³/mol. The fourth-order valence-corrected chi connectivity index (χ4v) is 8.84. The molecule has 2 aromatic carbocycles. The summed E-state index contributed by atoms with van der Waals surface area (Å²) in [4.78, 5) is 7.27. The van der Waals surface area contributed by atoms with Gasteiger partial charge in [0.15, 0.2) is 0 Å². The number of benzene rings is 2. The zero-order valence-corrected chi connectivity index (χ0v) is 29.8. The van der Waals surface area contributed by atoms with Gasteiger partial charge >= 0.3 is 0 Å². The summed E-state index contributed by atoms with van der Waals surface area (Å²) >= 11 is 0. The minimum absolute atomic E-state index is 0.313. The van der Waals surface area contributed by atoms with Crippen molar-refractivity contribution in [3.63, 3.8) is 0 Å². The second-order valence-corrected chi connectivity index (χ2v) is 22.0. The monoisotopic (exact) mass is 643 g/mol. The first-order chi connectivity index (χ1) is 21.0. The summed E-state index contributed by atoms with van der Waals surface area (Å²) in [5.74, 6) is 0.759. The van der Waals surface area contributed by atoms with E-state index in [0.717, 1.165) is 45.0 Å². The molecule has 1 aliphatic carbocycles. The van der Waals surface area contributed by atoms with Crippen LogP contribution in [0.15, 0.2) is 66.4 Å². The van der Waals surface area contributed by atoms with Gasteiger partial charge in [0.05, 0.1) is 28.2 Å². The number of imidazole rings is 1. The second kappa shape index (κ2) is 11.7. The van der Waals surface area contributed by atoms with Crippen LogP contribution in [0.2, 0.25) is 25.7 Å². The van der Waals surface area contributed by atoms with Gasteiger partial charge in [-0.2, -0.15) is 5.26 Å². The third-order valence-corrected chi connectivity index (χ3v) is 13.2. The molecule has 0 saturated carbocycles. The molecule has 0 bridgehead atoms. The summed E-state index contributed by atoms with van der Waals surface area (Å²) < 4.78 is 37.4. The van der Waals surface area contributed by atoms with Gasteiger partial charge in [0.25, 0.3) is 0 Å². The molecule has 2 aromatic heterocycles. The van der Waals surface area contributed by atoms with Gasteiger partial charge in [0, 0.05) is 26.3 Å². The molecule has 0 radical (unpaired) electrons. The van der Waals surface area contributed by atoms with Crippen molar-refractivity contribution < 1.29 is 13.2 Å². The summed E-state index contributed by atoms with van der Waals surface area (Å²) in [5, 5.41) is 10.5. The van der Waals surface area contributed by atoms with Crippen molar-refractivity contribution in [1.29, 1.82) is 5.26 Å². The van der Waals surface area contributed by atoms with E-state index in [-0.39, 0.29) is 0 Å². The van der Waals surface area contributed by atoms with E-state index in [9.17, 15) is 13.7 Å². The predicted octanol–water partition coefficient (Wildman–Crippen LogP) is 7.15. The molecule has 4 aromatic rings. The van der Waals surface area contributed by atoms with Crippen LogP contribution in [0.4, 0.5) is 0 Å². The van der Waals surface area contributed by atoms with Crippen LogP contribution in [-0.2, 0) is 27.0 Å². The van der Waals surface area contributed by atoms with Crippen LogP contribution in [0.25, 0.3) is 21.9 Å². The Morgan fingerprint density at radius 3 is 2.53 bits per heavy atom. The minimum atomic E-state index is -3.80. The molecule has 2 unspecified atom stereocenters. The maximum Gasteiger partial charge on any atom is 0.248 e. The van der Waals surface area contributed by atoms with Gasteiger partial charge in [0.1, 0.15) is 22.8 Å². The molecule has 45 heavy (non-hydrogen) atoms. The van der Waals surface area contributed by atoms with Crippen molar-refractivity contribution in [2.75, 3.05) is 20.7 Å². The number of hydrogen-bond acceptors (Lipinski definition) is 6. The highest BCUT2D eigenvalue weighted by Gasteiger charge is 2.42. The third kappa shape index (κ3) is 5.72. The average molecular weight is 644 g/mol. The maximum atomic E-state index is 14.3. The van der Waals surface area contributed by atoms with Gasteiger partial charge in [-0.3, -0.25) is 4.90 Å². The van der Waals surface area contributed by atoms with Gasteiger partial charge < -0.3 is 9.30 Å². The number of aryl methyl sites for hydroxylation is 1. The van der Waals surface area contributed by atoms with Crippen molar-refractivity contribution in [3.8, 4) is 6.07 Å². The van der Waals surface area contributed by atoms with Crippen molar-refractivity contribution in [3.05, 3.63) is 88.9 Å². The topological polar surface area (TPSA) is 93.2 Å². The van der Waals surface area contributed by atoms with Crippen LogP contribution in [0, 0.1) is 18.3 Å². The van der Waals surface area contributed by atoms with Gasteiger partial charge in [-0.25, -0.2) is 17.4 Å². The molecule has 2 atom stereocenters. The van der Waals surface area contributed by atoms with Crippen molar-refractivity contribution in [1.82, 2.24) is 18.4 Å². The largest absolute Gasteiger partial charge is 0.361 e. The number of hydrogen-bond donors (Lipinski definition) is 0. The number of ether oxygens (including phenoxy) is 1. The highest BCUT2D eigenvalue weighted by Crippen LogP contribution is 2.42. The lowest BCUT2D eigenvalue weighted by atomic mass is 9.86. The molecule has 0 saturated heterocycles. The SMILES string of the molecule is CC1=CC(C)(S(=O)(=O)n2ccc3c(C(C)(c4nc5cc(C#N)ccc5n4COCC[Si](C)(C)C)N(C)C)ccc(C)c32)CC=C1. The fourth-order valence-electron chi connectivity index (χ4n) is 6.29. The number of fused-ring (bicyclic) bond motifs is 2. The Hall–Kier alpha value is -3.49. The molecule has 0 aliphatic heterocycles. The molecular weight excluding hydrogens is 599 g/mol. The Kier molecular flexibility index (Phi) is 8.55. The third-order valence-electron chi connectivity index (χ3n) is 9.25. The number of nitriles is 1. The molecule has 2 heterocycles. The molecular formula is C35H45N5O3SSi. The lowest BCUT2D eigenvalue weighted by Crippen LogP contribution is -2.42. The van der Waals surface area contributed by atoms with Crippen molar-refractivity contribution in [2.24, 2.45) is 0 Å². The Morgan fingerprint density at radius 1 is 1.16 bits per heavy atom. The van der Waals surface area contributed by atoms with Crippen LogP contribution < -0.4 is 0 Å². The Labute approximate surface area is 268 Å². The van der Waals surface area contributed by atoms with Crippen LogP contribution >= 0.6 is 0 Å². The minimum Gasteiger partial charge on any atom is -0.361 e. The van der Waals surface area contributed by atoms with E-state index < -0.39 is 28.4 Å². The van der Waals surface area contributed by atoms with E-state index in [4.69, 9.17) is 9.72 Å². The summed E-state index contributed by atoms with van der Waals surface area (Å²) in [5.41, 5.74) is 4.77. The van der Waals surface area contributed by atoms with Gasteiger partial charge in [-0.05, 0) is 89.6 Å². The van der Waals surface area contributed by atoms with Gasteiger partial charge in [-0.1, -0.05) is 55.6 Å². The van der Waals surface area contributed by atoms with Crippen molar-refractivity contribution in [2.45, 2.75) is 76.8 Å². The summed E-state index contributed by atoms with van der Waals surface area (Å²) in [6, 6.07) is 14.8. The standard InChI is InChI=1S/C35H45N5O3SSi/c1-25-11-10-17-34(3,22-25)44(41,42)40-18-16-28-29(14-12-26(2)32(28)40)35(4,38(5)6)33-37-30-21-27(23-36)13-15-31(30)39(33)24-43-19-20-45(7,8)9/h10-16,18,21-22H,17,19-20,24H2,1-9H3. The number of aromatic nitrogens is 3. The normalized spacial score (nSPS) is 18.8. The van der Waals surface area contributed by atoms with Crippen LogP contribution in [0.3, 0.4) is 0 Å². The molecule has 1 aliphatic rings. The van der Waals surface area contributed by atoms with Crippen molar-refractivity contribution >= 4 is 40.0 Å². The first kappa shape index (κ1) is 32.9. The number of allylic oxidation sites excluding steroid dienone is 3. The molecule has 5 rings (SSSR count). The average Bonchev–Trinajstić information content (AvgIpc) is 3.57. The van der Waals surface area contributed by atoms with E-state index in [1.54, 1.807) is 13.1 Å². The quantitative estimate of drug-likeness (QED) is 0.135. The molecule has 238 valence electrons. The lowest BCUT2D eigenvalue weighted by molar-refractivity contribution is 0.0803. The van der Waals surface area contributed by atoms with Gasteiger partial charge in [0.2, 0.25) is 10.0 Å². The van der Waals surface area contributed by atoms with Crippen LogP contribution in [0.5, 0.6) is 0 Å². The second-order valence-electron chi connectivity index (χ2n) is 14.1. The Bertz CT molecular complexity index is 1990. The molecule has 0 N–H and O–H groups in total. The molecule has 0 spiro atoms. The number of nitrogens with zero attached hydrogens (tertiary/aromatic N) is 5. The first-order valence-corrected chi connectivity index (χ1v) is 20.6. The molecule has 0 amide bonds. The zero-order valence-electron chi connectivity index (χ0n) is 28.0. The van der Waals surface area contributed by atoms with Gasteiger partial charge in [-0.15, -0.1) is 0 Å². The fraction of sp³-hybridized carbons (Fsp3) is 0.429. The van der Waals surface area contributed by atoms with E-state index in [2.05, 4.69) is 48.2 Å². The zero-order chi connectivity index (χ0) is 32.9. The van der Waals surface area contributed by atoms with E-state index in [1.807, 2.05) is 76.5 Å². The molecule has 10 heteroatoms. The lowest BCUT2D eigenvalue weighted by Gasteiger charge is -2.37. The highest BCUT2D eigenvalue weighted by atomic mass is 32.2. The Morgan fingerprint density at radius 2 is 1.89 bits per heavy atom. The smallest absolute Gasteiger partial charge is 0.248 e. The van der Waals surface area contributed by atoms with Crippen LogP contribution in [0.1, 0.15) is 49.7 Å². The summed E-state index contributed by atoms with van der Waals surface area (Å²) in [6.45, 7) is 15.8. The van der Waals surface area contributed by atoms with Crippen LogP contribution in [-0.4, -0.2) is 60.4 Å². The summed E-state index contributed by atoms with van der Waals surface area (Å²) in [6.07, 6.45) is 7.87. The summed E-state index contributed by atoms with van der Waals surface area (Å²) in [7, 11) is -1.07. The maximum absolute atomic E-state index is 14.3. The molecule has 8 nitrogen and oxygen atoms in total.